The highest BCUT2D eigenvalue weighted by atomic mass is 16.5. The molecule has 206 valence electrons. The Hall–Kier alpha value is -3.79. The molecule has 3 amide bonds. The Labute approximate surface area is 225 Å². The number of benzene rings is 1. The molecule has 3 rings (SSSR count). The number of ether oxygens (including phenoxy) is 1. The van der Waals surface area contributed by atoms with Gasteiger partial charge in [0.2, 0.25) is 0 Å². The quantitative estimate of drug-likeness (QED) is 0.367. The van der Waals surface area contributed by atoms with Crippen molar-refractivity contribution in [2.75, 3.05) is 20.2 Å². The van der Waals surface area contributed by atoms with Crippen molar-refractivity contribution in [3.05, 3.63) is 63.9 Å². The van der Waals surface area contributed by atoms with E-state index in [2.05, 4.69) is 47.6 Å². The number of hydrogen-bond acceptors (Lipinski definition) is 7. The number of methoxy groups -OCH3 is 1. The lowest BCUT2D eigenvalue weighted by molar-refractivity contribution is 0.0963. The number of carbonyl (C=O) groups is 2. The number of amidine groups is 1. The zero-order valence-electron chi connectivity index (χ0n) is 23.6. The van der Waals surface area contributed by atoms with Crippen LogP contribution in [0.5, 0.6) is 5.75 Å². The van der Waals surface area contributed by atoms with Gasteiger partial charge in [0.05, 0.1) is 12.7 Å². The summed E-state index contributed by atoms with van der Waals surface area (Å²) in [5, 5.41) is 12.2. The summed E-state index contributed by atoms with van der Waals surface area (Å²) in [4.78, 5) is 27.6. The van der Waals surface area contributed by atoms with Crippen LogP contribution in [-0.2, 0) is 13.0 Å². The van der Waals surface area contributed by atoms with Crippen LogP contribution in [0, 0.1) is 0 Å². The van der Waals surface area contributed by atoms with Gasteiger partial charge < -0.3 is 20.3 Å². The molecule has 4 N–H and O–H groups in total. The van der Waals surface area contributed by atoms with E-state index in [1.54, 1.807) is 12.0 Å². The molecular formula is C28H41N7O3. The van der Waals surface area contributed by atoms with E-state index < -0.39 is 0 Å². The molecule has 38 heavy (non-hydrogen) atoms. The van der Waals surface area contributed by atoms with Crippen molar-refractivity contribution < 1.29 is 14.3 Å². The minimum atomic E-state index is -0.257. The number of nitrogens with zero attached hydrogens (tertiary/aromatic N) is 3. The third kappa shape index (κ3) is 6.74. The first kappa shape index (κ1) is 28.8. The van der Waals surface area contributed by atoms with E-state index in [-0.39, 0.29) is 18.0 Å². The number of nitrogens with one attached hydrogen (secondary N) is 4. The average Bonchev–Trinajstić information content (AvgIpc) is 3.41. The lowest BCUT2D eigenvalue weighted by atomic mass is 9.96. The van der Waals surface area contributed by atoms with Crippen molar-refractivity contribution >= 4 is 17.8 Å². The predicted octanol–water partition coefficient (Wildman–Crippen LogP) is 3.75. The standard InChI is InChI=1S/C28H41N7O3/c1-8-19(5)24(12-10-11-20(6)26-31-32-33-35(26)18(3)4)30-27(36)23-15-22-17-34(28(37)29-9-2)14-13-21(22)16-25(23)38-7/h10-12,15-16,18,32-33H,8-9,13-14,17H2,1-7H3,(H,29,37)(H,30,36)/b12-10-,20-11+,24-19?. The Morgan fingerprint density at radius 3 is 2.63 bits per heavy atom. The van der Waals surface area contributed by atoms with E-state index in [9.17, 15) is 9.59 Å². The van der Waals surface area contributed by atoms with Crippen LogP contribution in [0.3, 0.4) is 0 Å². The predicted molar refractivity (Wildman–Crippen MR) is 150 cm³/mol. The largest absolute Gasteiger partial charge is 0.496 e. The second-order valence-corrected chi connectivity index (χ2v) is 9.66. The first-order valence-corrected chi connectivity index (χ1v) is 13.2. The normalized spacial score (nSPS) is 16.2. The summed E-state index contributed by atoms with van der Waals surface area (Å²) >= 11 is 0. The Morgan fingerprint density at radius 2 is 1.97 bits per heavy atom. The molecule has 10 heteroatoms. The summed E-state index contributed by atoms with van der Waals surface area (Å²) in [5.41, 5.74) is 11.1. The van der Waals surface area contributed by atoms with Crippen LogP contribution in [0.4, 0.5) is 4.79 Å². The highest BCUT2D eigenvalue weighted by Crippen LogP contribution is 2.28. The molecule has 0 radical (unpaired) electrons. The molecule has 0 aliphatic carbocycles. The molecule has 2 aliphatic heterocycles. The molecule has 0 saturated carbocycles. The van der Waals surface area contributed by atoms with Crippen molar-refractivity contribution in [1.82, 2.24) is 31.6 Å². The maximum absolute atomic E-state index is 13.5. The zero-order valence-corrected chi connectivity index (χ0v) is 23.6. The summed E-state index contributed by atoms with van der Waals surface area (Å²) in [6.45, 7) is 13.7. The minimum Gasteiger partial charge on any atom is -0.496 e. The number of hydrazine groups is 2. The molecule has 1 aromatic rings. The fourth-order valence-corrected chi connectivity index (χ4v) is 4.29. The van der Waals surface area contributed by atoms with Gasteiger partial charge in [0.15, 0.2) is 5.84 Å². The monoisotopic (exact) mass is 523 g/mol. The van der Waals surface area contributed by atoms with Gasteiger partial charge in [-0.25, -0.2) is 10.3 Å². The number of rotatable bonds is 9. The van der Waals surface area contributed by atoms with Gasteiger partial charge in [0.25, 0.3) is 5.91 Å². The maximum Gasteiger partial charge on any atom is 0.317 e. The number of hydrogen-bond donors (Lipinski definition) is 4. The van der Waals surface area contributed by atoms with Crippen molar-refractivity contribution in [3.8, 4) is 5.75 Å². The van der Waals surface area contributed by atoms with Crippen LogP contribution in [0.1, 0.15) is 69.4 Å². The van der Waals surface area contributed by atoms with Crippen LogP contribution in [0.2, 0.25) is 0 Å². The Bertz CT molecular complexity index is 1170. The SMILES string of the molecule is CCNC(=O)N1CCc2cc(OC)c(C(=O)NC(/C=C\C=C(/C)C3=NNNN3C(C)C)=C(C)CC)cc2C1. The van der Waals surface area contributed by atoms with Gasteiger partial charge in [-0.15, -0.1) is 10.6 Å². The van der Waals surface area contributed by atoms with E-state index in [0.29, 0.717) is 37.4 Å². The highest BCUT2D eigenvalue weighted by molar-refractivity contribution is 5.99. The third-order valence-corrected chi connectivity index (χ3v) is 6.67. The van der Waals surface area contributed by atoms with E-state index in [4.69, 9.17) is 4.74 Å². The van der Waals surface area contributed by atoms with E-state index >= 15 is 0 Å². The van der Waals surface area contributed by atoms with Crippen molar-refractivity contribution in [2.45, 2.75) is 67.0 Å². The molecule has 0 unspecified atom stereocenters. The molecule has 0 saturated heterocycles. The van der Waals surface area contributed by atoms with Gasteiger partial charge in [-0.2, -0.15) is 0 Å². The molecule has 2 heterocycles. The Morgan fingerprint density at radius 1 is 1.21 bits per heavy atom. The molecule has 0 spiro atoms. The molecule has 0 bridgehead atoms. The van der Waals surface area contributed by atoms with Crippen LogP contribution in [-0.4, -0.2) is 53.9 Å². The number of allylic oxidation sites excluding steroid dienone is 4. The third-order valence-electron chi connectivity index (χ3n) is 6.67. The zero-order chi connectivity index (χ0) is 27.8. The summed E-state index contributed by atoms with van der Waals surface area (Å²) in [5.74, 6) is 1.08. The number of hydrazone groups is 1. The van der Waals surface area contributed by atoms with Gasteiger partial charge in [0, 0.05) is 31.4 Å². The smallest absolute Gasteiger partial charge is 0.317 e. The first-order valence-electron chi connectivity index (χ1n) is 13.2. The van der Waals surface area contributed by atoms with Crippen molar-refractivity contribution in [3.63, 3.8) is 0 Å². The van der Waals surface area contributed by atoms with E-state index in [0.717, 1.165) is 40.2 Å². The maximum atomic E-state index is 13.5. The van der Waals surface area contributed by atoms with Crippen LogP contribution < -0.4 is 26.4 Å². The molecule has 10 nitrogen and oxygen atoms in total. The average molecular weight is 524 g/mol. The van der Waals surface area contributed by atoms with Gasteiger partial charge in [-0.05, 0) is 87.9 Å². The number of carbonyl (C=O) groups excluding carboxylic acids is 2. The summed E-state index contributed by atoms with van der Waals surface area (Å²) in [6.07, 6.45) is 7.28. The lowest BCUT2D eigenvalue weighted by Crippen LogP contribution is -2.45. The second-order valence-electron chi connectivity index (χ2n) is 9.66. The van der Waals surface area contributed by atoms with Gasteiger partial charge in [-0.1, -0.05) is 19.1 Å². The van der Waals surface area contributed by atoms with Gasteiger partial charge >= 0.3 is 6.03 Å². The minimum absolute atomic E-state index is 0.0936. The van der Waals surface area contributed by atoms with Crippen molar-refractivity contribution in [1.29, 1.82) is 0 Å². The number of urea groups is 1. The number of amides is 3. The second kappa shape index (κ2) is 13.1. The summed E-state index contributed by atoms with van der Waals surface area (Å²) in [6, 6.07) is 3.90. The molecular weight excluding hydrogens is 482 g/mol. The molecule has 1 aromatic carbocycles. The first-order chi connectivity index (χ1) is 18.2. The molecule has 0 atom stereocenters. The molecule has 0 fully saturated rings. The van der Waals surface area contributed by atoms with Crippen LogP contribution in [0.25, 0.3) is 0 Å². The fraction of sp³-hybridized carbons (Fsp3) is 0.464. The van der Waals surface area contributed by atoms with E-state index in [1.807, 2.05) is 56.1 Å². The highest BCUT2D eigenvalue weighted by Gasteiger charge is 2.24. The van der Waals surface area contributed by atoms with Crippen molar-refractivity contribution in [2.24, 2.45) is 5.10 Å². The summed E-state index contributed by atoms with van der Waals surface area (Å²) < 4.78 is 5.59. The Balaban J connectivity index is 1.82. The topological polar surface area (TPSA) is 110 Å². The van der Waals surface area contributed by atoms with Crippen LogP contribution >= 0.6 is 0 Å². The molecule has 2 aliphatic rings. The molecule has 0 aromatic heterocycles. The van der Waals surface area contributed by atoms with Crippen LogP contribution in [0.15, 0.2) is 52.3 Å². The van der Waals surface area contributed by atoms with Gasteiger partial charge in [-0.3, -0.25) is 9.80 Å². The summed E-state index contributed by atoms with van der Waals surface area (Å²) in [7, 11) is 1.57. The van der Waals surface area contributed by atoms with Gasteiger partial charge in [0.1, 0.15) is 5.75 Å². The lowest BCUT2D eigenvalue weighted by Gasteiger charge is -2.29. The number of fused-ring (bicyclic) bond motifs is 1. The van der Waals surface area contributed by atoms with E-state index in [1.165, 1.54) is 0 Å². The Kier molecular flexibility index (Phi) is 9.95. The fourth-order valence-electron chi connectivity index (χ4n) is 4.29.